The smallest absolute Gasteiger partial charge is 0.338 e. The van der Waals surface area contributed by atoms with Gasteiger partial charge < -0.3 is 19.5 Å². The molecule has 7 heteroatoms. The maximum absolute atomic E-state index is 12.8. The maximum atomic E-state index is 12.8. The highest BCUT2D eigenvalue weighted by atomic mass is 16.5. The van der Waals surface area contributed by atoms with Crippen molar-refractivity contribution in [3.8, 4) is 0 Å². The van der Waals surface area contributed by atoms with Gasteiger partial charge in [-0.3, -0.25) is 4.79 Å². The third-order valence-electron chi connectivity index (χ3n) is 5.41. The molecule has 0 aliphatic carbocycles. The van der Waals surface area contributed by atoms with Crippen LogP contribution in [0.1, 0.15) is 35.3 Å². The summed E-state index contributed by atoms with van der Waals surface area (Å²) in [7, 11) is 0. The molecule has 0 unspecified atom stereocenters. The van der Waals surface area contributed by atoms with Gasteiger partial charge in [-0.1, -0.05) is 6.07 Å². The Hall–Kier alpha value is -3.09. The van der Waals surface area contributed by atoms with Crippen LogP contribution in [0.2, 0.25) is 0 Å². The molecule has 2 aliphatic rings. The number of fused-ring (bicyclic) bond motifs is 4. The first-order valence-electron chi connectivity index (χ1n) is 9.58. The monoisotopic (exact) mass is 381 g/mol. The molecule has 0 radical (unpaired) electrons. The third kappa shape index (κ3) is 3.52. The molecule has 28 heavy (non-hydrogen) atoms. The van der Waals surface area contributed by atoms with Crippen LogP contribution in [0.15, 0.2) is 47.3 Å². The van der Waals surface area contributed by atoms with Crippen LogP contribution in [0.3, 0.4) is 0 Å². The topological polar surface area (TPSA) is 80.6 Å². The molecule has 7 nitrogen and oxygen atoms in total. The summed E-state index contributed by atoms with van der Waals surface area (Å²) in [4.78, 5) is 38.4. The second-order valence-corrected chi connectivity index (χ2v) is 7.33. The zero-order valence-corrected chi connectivity index (χ0v) is 15.8. The molecule has 1 aromatic carbocycles. The number of urea groups is 1. The second kappa shape index (κ2) is 7.50. The normalized spacial score (nSPS) is 20.2. The van der Waals surface area contributed by atoms with E-state index in [0.29, 0.717) is 37.5 Å². The molecule has 2 amide bonds. The number of rotatable bonds is 3. The first-order chi connectivity index (χ1) is 13.5. The van der Waals surface area contributed by atoms with Crippen LogP contribution in [-0.4, -0.2) is 41.2 Å². The van der Waals surface area contributed by atoms with E-state index in [-0.39, 0.29) is 29.4 Å². The Balaban J connectivity index is 1.44. The third-order valence-corrected chi connectivity index (χ3v) is 5.41. The van der Waals surface area contributed by atoms with E-state index in [2.05, 4.69) is 5.32 Å². The number of aromatic nitrogens is 1. The van der Waals surface area contributed by atoms with Crippen LogP contribution < -0.4 is 10.9 Å². The Morgan fingerprint density at radius 1 is 1.11 bits per heavy atom. The molecule has 4 rings (SSSR count). The lowest BCUT2D eigenvalue weighted by molar-refractivity contribution is 0.0526. The van der Waals surface area contributed by atoms with Crippen molar-refractivity contribution in [2.75, 3.05) is 25.0 Å². The van der Waals surface area contributed by atoms with Crippen molar-refractivity contribution >= 4 is 17.7 Å². The number of esters is 1. The number of amides is 2. The van der Waals surface area contributed by atoms with Gasteiger partial charge in [0.05, 0.1) is 12.2 Å². The van der Waals surface area contributed by atoms with Crippen molar-refractivity contribution in [2.45, 2.75) is 25.8 Å². The summed E-state index contributed by atoms with van der Waals surface area (Å²) < 4.78 is 6.81. The van der Waals surface area contributed by atoms with Crippen LogP contribution >= 0.6 is 0 Å². The summed E-state index contributed by atoms with van der Waals surface area (Å²) >= 11 is 0. The average molecular weight is 381 g/mol. The number of pyridine rings is 1. The highest BCUT2D eigenvalue weighted by molar-refractivity contribution is 5.92. The first-order valence-corrected chi connectivity index (χ1v) is 9.58. The van der Waals surface area contributed by atoms with Gasteiger partial charge in [0.1, 0.15) is 0 Å². The molecule has 146 valence electrons. The van der Waals surface area contributed by atoms with Crippen LogP contribution in [0.4, 0.5) is 10.5 Å². The van der Waals surface area contributed by atoms with E-state index in [4.69, 9.17) is 4.74 Å². The van der Waals surface area contributed by atoms with Crippen molar-refractivity contribution in [1.82, 2.24) is 9.47 Å². The quantitative estimate of drug-likeness (QED) is 0.829. The molecule has 1 aromatic heterocycles. The average Bonchev–Trinajstić information content (AvgIpc) is 2.69. The lowest BCUT2D eigenvalue weighted by Gasteiger charge is -2.42. The van der Waals surface area contributed by atoms with E-state index in [0.717, 1.165) is 12.1 Å². The Kier molecular flexibility index (Phi) is 4.90. The number of likely N-dealkylation sites (tertiary alicyclic amines) is 1. The lowest BCUT2D eigenvalue weighted by Crippen LogP contribution is -2.50. The highest BCUT2D eigenvalue weighted by Crippen LogP contribution is 2.35. The maximum Gasteiger partial charge on any atom is 0.338 e. The van der Waals surface area contributed by atoms with Gasteiger partial charge in [0.15, 0.2) is 0 Å². The Morgan fingerprint density at radius 2 is 1.89 bits per heavy atom. The summed E-state index contributed by atoms with van der Waals surface area (Å²) in [6.45, 7) is 3.96. The summed E-state index contributed by atoms with van der Waals surface area (Å²) in [5.41, 5.74) is 2.13. The SMILES string of the molecule is CCOC(=O)c1ccc(NC(=O)N2C[C@H]3C[C@H](C2)c2cccc(=O)n2C3)cc1. The number of anilines is 1. The number of hydrogen-bond acceptors (Lipinski definition) is 4. The van der Waals surface area contributed by atoms with Crippen molar-refractivity contribution < 1.29 is 14.3 Å². The highest BCUT2D eigenvalue weighted by Gasteiger charge is 2.36. The van der Waals surface area contributed by atoms with Crippen LogP contribution in [0.5, 0.6) is 0 Å². The number of ether oxygens (including phenoxy) is 1. The van der Waals surface area contributed by atoms with Crippen molar-refractivity contribution in [1.29, 1.82) is 0 Å². The zero-order chi connectivity index (χ0) is 19.7. The van der Waals surface area contributed by atoms with E-state index in [9.17, 15) is 14.4 Å². The molecule has 1 saturated heterocycles. The summed E-state index contributed by atoms with van der Waals surface area (Å²) in [6.07, 6.45) is 1.00. The largest absolute Gasteiger partial charge is 0.462 e. The van der Waals surface area contributed by atoms with Gasteiger partial charge in [-0.25, -0.2) is 9.59 Å². The molecule has 0 saturated carbocycles. The minimum Gasteiger partial charge on any atom is -0.462 e. The Bertz CT molecular complexity index is 951. The molecule has 2 atom stereocenters. The van der Waals surface area contributed by atoms with Gasteiger partial charge in [-0.2, -0.15) is 0 Å². The fourth-order valence-electron chi connectivity index (χ4n) is 4.17. The van der Waals surface area contributed by atoms with Crippen LogP contribution in [-0.2, 0) is 11.3 Å². The van der Waals surface area contributed by atoms with E-state index in [1.807, 2.05) is 15.5 Å². The molecule has 2 aromatic rings. The predicted octanol–water partition coefficient (Wildman–Crippen LogP) is 2.68. The number of piperidine rings is 1. The molecule has 2 bridgehead atoms. The molecular formula is C21H23N3O4. The lowest BCUT2D eigenvalue weighted by atomic mass is 9.83. The number of carbonyl (C=O) groups is 2. The van der Waals surface area contributed by atoms with Gasteiger partial charge in [0.25, 0.3) is 5.56 Å². The molecule has 2 aliphatic heterocycles. The van der Waals surface area contributed by atoms with E-state index in [1.165, 1.54) is 0 Å². The van der Waals surface area contributed by atoms with Crippen molar-refractivity contribution in [3.63, 3.8) is 0 Å². The van der Waals surface area contributed by atoms with Gasteiger partial charge in [-0.15, -0.1) is 0 Å². The summed E-state index contributed by atoms with van der Waals surface area (Å²) in [5.74, 6) is 0.0831. The minimum atomic E-state index is -0.377. The van der Waals surface area contributed by atoms with Crippen LogP contribution in [0.25, 0.3) is 0 Å². The van der Waals surface area contributed by atoms with Crippen LogP contribution in [0, 0.1) is 5.92 Å². The van der Waals surface area contributed by atoms with E-state index in [1.54, 1.807) is 43.3 Å². The van der Waals surface area contributed by atoms with Gasteiger partial charge in [-0.05, 0) is 49.6 Å². The Labute approximate surface area is 162 Å². The van der Waals surface area contributed by atoms with Crippen molar-refractivity contribution in [3.05, 3.63) is 64.1 Å². The second-order valence-electron chi connectivity index (χ2n) is 7.33. The molecule has 1 fully saturated rings. The molecule has 0 spiro atoms. The van der Waals surface area contributed by atoms with Gasteiger partial charge in [0.2, 0.25) is 0 Å². The standard InChI is InChI=1S/C21H23N3O4/c1-2-28-20(26)15-6-8-17(9-7-15)22-21(27)23-11-14-10-16(13-23)18-4-3-5-19(25)24(18)12-14/h3-9,14,16H,2,10-13H2,1H3,(H,22,27)/t14-,16-/m1/s1. The number of nitrogens with zero attached hydrogens (tertiary/aromatic N) is 2. The fourth-order valence-corrected chi connectivity index (χ4v) is 4.17. The zero-order valence-electron chi connectivity index (χ0n) is 15.8. The van der Waals surface area contributed by atoms with E-state index >= 15 is 0 Å². The molecule has 1 N–H and O–H groups in total. The predicted molar refractivity (Wildman–Crippen MR) is 105 cm³/mol. The number of carbonyl (C=O) groups excluding carboxylic acids is 2. The number of benzene rings is 1. The van der Waals surface area contributed by atoms with E-state index < -0.39 is 0 Å². The van der Waals surface area contributed by atoms with Gasteiger partial charge in [0, 0.05) is 43.0 Å². The number of hydrogen-bond donors (Lipinski definition) is 1. The van der Waals surface area contributed by atoms with Gasteiger partial charge >= 0.3 is 12.0 Å². The molecule has 3 heterocycles. The molecular weight excluding hydrogens is 358 g/mol. The first kappa shape index (κ1) is 18.3. The summed E-state index contributed by atoms with van der Waals surface area (Å²) in [5, 5.41) is 2.90. The summed E-state index contributed by atoms with van der Waals surface area (Å²) in [6, 6.07) is 11.9. The fraction of sp³-hybridized carbons (Fsp3) is 0.381. The van der Waals surface area contributed by atoms with Crippen molar-refractivity contribution in [2.24, 2.45) is 5.92 Å². The minimum absolute atomic E-state index is 0.0341. The number of nitrogens with one attached hydrogen (secondary N) is 1. The Morgan fingerprint density at radius 3 is 2.64 bits per heavy atom.